The van der Waals surface area contributed by atoms with Crippen LogP contribution < -0.4 is 16.8 Å². The molecule has 1 unspecified atom stereocenters. The van der Waals surface area contributed by atoms with Gasteiger partial charge >= 0.3 is 0 Å². The van der Waals surface area contributed by atoms with Gasteiger partial charge in [0.05, 0.1) is 6.17 Å². The highest BCUT2D eigenvalue weighted by atomic mass is 15.0. The third-order valence-corrected chi connectivity index (χ3v) is 1.24. The topological polar surface area (TPSA) is 64.1 Å². The van der Waals surface area contributed by atoms with Crippen LogP contribution in [0.1, 0.15) is 27.2 Å². The normalized spacial score (nSPS) is 15.3. The van der Waals surface area contributed by atoms with Crippen molar-refractivity contribution >= 4 is 0 Å². The molecule has 0 aromatic heterocycles. The Balaban J connectivity index is 3.21. The van der Waals surface area contributed by atoms with E-state index in [9.17, 15) is 0 Å². The summed E-state index contributed by atoms with van der Waals surface area (Å²) in [5.41, 5.74) is 11.1. The monoisotopic (exact) mass is 145 g/mol. The summed E-state index contributed by atoms with van der Waals surface area (Å²) < 4.78 is 0. The summed E-state index contributed by atoms with van der Waals surface area (Å²) in [6.45, 7) is 6.83. The Morgan fingerprint density at radius 3 is 2.30 bits per heavy atom. The number of nitrogens with one attached hydrogen (secondary N) is 1. The Kier molecular flexibility index (Phi) is 3.86. The van der Waals surface area contributed by atoms with Gasteiger partial charge in [-0.3, -0.25) is 0 Å². The van der Waals surface area contributed by atoms with Crippen LogP contribution >= 0.6 is 0 Å². The molecule has 0 fully saturated rings. The zero-order chi connectivity index (χ0) is 8.20. The van der Waals surface area contributed by atoms with Gasteiger partial charge in [0, 0.05) is 5.54 Å². The van der Waals surface area contributed by atoms with Gasteiger partial charge in [0.1, 0.15) is 0 Å². The Hall–Kier alpha value is -0.120. The van der Waals surface area contributed by atoms with Crippen LogP contribution in [-0.2, 0) is 0 Å². The molecule has 1 atom stereocenters. The van der Waals surface area contributed by atoms with Gasteiger partial charge in [0.25, 0.3) is 0 Å². The molecule has 10 heavy (non-hydrogen) atoms. The Bertz CT molecular complexity index is 83.3. The minimum atomic E-state index is -0.0815. The van der Waals surface area contributed by atoms with Crippen LogP contribution in [-0.4, -0.2) is 18.2 Å². The van der Waals surface area contributed by atoms with E-state index in [0.717, 1.165) is 13.0 Å². The molecule has 0 aromatic rings. The van der Waals surface area contributed by atoms with Crippen LogP contribution in [0.5, 0.6) is 0 Å². The van der Waals surface area contributed by atoms with E-state index in [2.05, 4.69) is 5.32 Å². The van der Waals surface area contributed by atoms with Crippen LogP contribution in [0.2, 0.25) is 0 Å². The summed E-state index contributed by atoms with van der Waals surface area (Å²) in [5, 5.41) is 3.10. The van der Waals surface area contributed by atoms with Crippen LogP contribution in [0.4, 0.5) is 0 Å². The minimum absolute atomic E-state index is 0.0716. The molecule has 62 valence electrons. The average molecular weight is 145 g/mol. The van der Waals surface area contributed by atoms with E-state index in [4.69, 9.17) is 11.5 Å². The van der Waals surface area contributed by atoms with Crippen LogP contribution in [0.3, 0.4) is 0 Å². The van der Waals surface area contributed by atoms with Crippen molar-refractivity contribution in [2.75, 3.05) is 6.54 Å². The lowest BCUT2D eigenvalue weighted by atomic mass is 10.0. The van der Waals surface area contributed by atoms with Gasteiger partial charge in [0.15, 0.2) is 0 Å². The van der Waals surface area contributed by atoms with Crippen molar-refractivity contribution < 1.29 is 0 Å². The van der Waals surface area contributed by atoms with Gasteiger partial charge in [-0.05, 0) is 33.7 Å². The molecule has 5 N–H and O–H groups in total. The summed E-state index contributed by atoms with van der Waals surface area (Å²) in [7, 11) is 0. The fourth-order valence-electron chi connectivity index (χ4n) is 0.622. The lowest BCUT2D eigenvalue weighted by molar-refractivity contribution is 0.436. The highest BCUT2D eigenvalue weighted by molar-refractivity contribution is 4.72. The molecule has 0 spiro atoms. The zero-order valence-electron chi connectivity index (χ0n) is 7.15. The maximum atomic E-state index is 5.74. The molecule has 0 saturated carbocycles. The molecule has 0 radical (unpaired) electrons. The summed E-state index contributed by atoms with van der Waals surface area (Å²) in [4.78, 5) is 0. The molecule has 0 aliphatic carbocycles. The maximum Gasteiger partial charge on any atom is 0.0517 e. The smallest absolute Gasteiger partial charge is 0.0517 e. The maximum absolute atomic E-state index is 5.74. The first kappa shape index (κ1) is 9.88. The van der Waals surface area contributed by atoms with Crippen molar-refractivity contribution in [2.24, 2.45) is 11.5 Å². The van der Waals surface area contributed by atoms with Crippen molar-refractivity contribution in [3.8, 4) is 0 Å². The first-order chi connectivity index (χ1) is 4.42. The lowest BCUT2D eigenvalue weighted by Gasteiger charge is -2.19. The standard InChI is InChI=1S/C7H19N3/c1-6(8)10-5-4-7(2,3)9/h6,10H,4-5,8-9H2,1-3H3. The summed E-state index contributed by atoms with van der Waals surface area (Å²) in [6.07, 6.45) is 1.02. The van der Waals surface area contributed by atoms with Crippen LogP contribution in [0.15, 0.2) is 0 Å². The summed E-state index contributed by atoms with van der Waals surface area (Å²) in [5.74, 6) is 0. The van der Waals surface area contributed by atoms with Gasteiger partial charge in [-0.2, -0.15) is 0 Å². The second kappa shape index (κ2) is 3.91. The number of nitrogens with two attached hydrogens (primary N) is 2. The summed E-state index contributed by atoms with van der Waals surface area (Å²) in [6, 6.07) is 0. The Morgan fingerprint density at radius 2 is 2.00 bits per heavy atom. The first-order valence-electron chi connectivity index (χ1n) is 3.70. The predicted octanol–water partition coefficient (Wildman–Crippen LogP) is 0.00810. The van der Waals surface area contributed by atoms with Crippen molar-refractivity contribution in [3.05, 3.63) is 0 Å². The third-order valence-electron chi connectivity index (χ3n) is 1.24. The van der Waals surface area contributed by atoms with Gasteiger partial charge < -0.3 is 16.8 Å². The van der Waals surface area contributed by atoms with E-state index in [1.54, 1.807) is 0 Å². The molecule has 0 bridgehead atoms. The second-order valence-electron chi connectivity index (χ2n) is 3.48. The van der Waals surface area contributed by atoms with E-state index in [0.29, 0.717) is 0 Å². The van der Waals surface area contributed by atoms with Crippen molar-refractivity contribution in [1.82, 2.24) is 5.32 Å². The fourth-order valence-corrected chi connectivity index (χ4v) is 0.622. The van der Waals surface area contributed by atoms with Crippen molar-refractivity contribution in [2.45, 2.75) is 38.9 Å². The van der Waals surface area contributed by atoms with Crippen molar-refractivity contribution in [1.29, 1.82) is 0 Å². The fraction of sp³-hybridized carbons (Fsp3) is 1.00. The average Bonchev–Trinajstić information content (AvgIpc) is 1.59. The van der Waals surface area contributed by atoms with Crippen LogP contribution in [0.25, 0.3) is 0 Å². The Labute approximate surface area is 63.2 Å². The number of hydrogen-bond donors (Lipinski definition) is 3. The minimum Gasteiger partial charge on any atom is -0.326 e. The van der Waals surface area contributed by atoms with Crippen molar-refractivity contribution in [3.63, 3.8) is 0 Å². The molecule has 0 rings (SSSR count). The highest BCUT2D eigenvalue weighted by Gasteiger charge is 2.09. The van der Waals surface area contributed by atoms with Gasteiger partial charge in [-0.1, -0.05) is 0 Å². The van der Waals surface area contributed by atoms with Gasteiger partial charge in [0.2, 0.25) is 0 Å². The van der Waals surface area contributed by atoms with Crippen LogP contribution in [0, 0.1) is 0 Å². The molecule has 3 heteroatoms. The van der Waals surface area contributed by atoms with E-state index >= 15 is 0 Å². The molecule has 0 saturated heterocycles. The molecule has 0 aromatic carbocycles. The second-order valence-corrected chi connectivity index (χ2v) is 3.48. The third kappa shape index (κ3) is 7.88. The SMILES string of the molecule is CC(N)NCCC(C)(C)N. The largest absolute Gasteiger partial charge is 0.326 e. The van der Waals surface area contributed by atoms with E-state index in [1.807, 2.05) is 20.8 Å². The molecule has 0 amide bonds. The highest BCUT2D eigenvalue weighted by Crippen LogP contribution is 2.00. The first-order valence-corrected chi connectivity index (χ1v) is 3.70. The molecule has 3 nitrogen and oxygen atoms in total. The number of rotatable bonds is 4. The van der Waals surface area contributed by atoms with E-state index in [-0.39, 0.29) is 11.7 Å². The van der Waals surface area contributed by atoms with Gasteiger partial charge in [-0.25, -0.2) is 0 Å². The molecule has 0 aliphatic heterocycles. The number of hydrogen-bond acceptors (Lipinski definition) is 3. The molecular weight excluding hydrogens is 126 g/mol. The summed E-state index contributed by atoms with van der Waals surface area (Å²) >= 11 is 0. The molecule has 0 heterocycles. The van der Waals surface area contributed by atoms with E-state index < -0.39 is 0 Å². The zero-order valence-corrected chi connectivity index (χ0v) is 7.15. The predicted molar refractivity (Wildman–Crippen MR) is 44.5 cm³/mol. The Morgan fingerprint density at radius 1 is 1.50 bits per heavy atom. The molecule has 0 aliphatic rings. The van der Waals surface area contributed by atoms with Gasteiger partial charge in [-0.15, -0.1) is 0 Å². The molecular formula is C7H19N3. The quantitative estimate of drug-likeness (QED) is 0.488. The lowest BCUT2D eigenvalue weighted by Crippen LogP contribution is -2.40. The van der Waals surface area contributed by atoms with E-state index in [1.165, 1.54) is 0 Å².